The topological polar surface area (TPSA) is 86.0 Å². The van der Waals surface area contributed by atoms with E-state index < -0.39 is 0 Å². The second-order valence-electron chi connectivity index (χ2n) is 4.82. The third-order valence-corrected chi connectivity index (χ3v) is 3.92. The van der Waals surface area contributed by atoms with Gasteiger partial charge in [-0.25, -0.2) is 0 Å². The molecule has 0 amide bonds. The summed E-state index contributed by atoms with van der Waals surface area (Å²) in [6.45, 7) is 0. The molecular formula is C16H13BrClN5O. The van der Waals surface area contributed by atoms with Crippen LogP contribution in [0.4, 0.5) is 17.6 Å². The van der Waals surface area contributed by atoms with Gasteiger partial charge in [0, 0.05) is 15.2 Å². The lowest BCUT2D eigenvalue weighted by Gasteiger charge is -2.10. The Morgan fingerprint density at radius 3 is 2.54 bits per heavy atom. The molecule has 0 aliphatic rings. The first-order chi connectivity index (χ1) is 11.5. The van der Waals surface area contributed by atoms with E-state index in [-0.39, 0.29) is 5.95 Å². The molecule has 3 rings (SSSR count). The fourth-order valence-electron chi connectivity index (χ4n) is 2.09. The molecule has 0 saturated heterocycles. The minimum atomic E-state index is 0.0987. The summed E-state index contributed by atoms with van der Waals surface area (Å²) in [5.74, 6) is 1.41. The fraction of sp³-hybridized carbons (Fsp3) is 0.0625. The van der Waals surface area contributed by atoms with Crippen LogP contribution in [0.1, 0.15) is 0 Å². The number of nitrogen functional groups attached to an aromatic ring is 1. The number of nitrogens with zero attached hydrogens (tertiary/aromatic N) is 3. The fourth-order valence-corrected chi connectivity index (χ4v) is 2.52. The third kappa shape index (κ3) is 3.74. The summed E-state index contributed by atoms with van der Waals surface area (Å²) in [4.78, 5) is 12.7. The molecule has 0 unspecified atom stereocenters. The molecular weight excluding hydrogens is 394 g/mol. The van der Waals surface area contributed by atoms with Crippen molar-refractivity contribution in [2.45, 2.75) is 0 Å². The summed E-state index contributed by atoms with van der Waals surface area (Å²) >= 11 is 9.46. The van der Waals surface area contributed by atoms with Gasteiger partial charge in [0.15, 0.2) is 5.82 Å². The van der Waals surface area contributed by atoms with E-state index in [0.717, 1.165) is 10.2 Å². The van der Waals surface area contributed by atoms with Crippen molar-refractivity contribution in [1.82, 2.24) is 15.0 Å². The Morgan fingerprint density at radius 1 is 1.08 bits per heavy atom. The number of rotatable bonds is 4. The van der Waals surface area contributed by atoms with Crippen LogP contribution in [-0.4, -0.2) is 22.1 Å². The molecule has 6 nitrogen and oxygen atoms in total. The van der Waals surface area contributed by atoms with Crippen molar-refractivity contribution in [2.75, 3.05) is 18.2 Å². The van der Waals surface area contributed by atoms with Crippen LogP contribution in [0.2, 0.25) is 5.02 Å². The van der Waals surface area contributed by atoms with E-state index in [0.29, 0.717) is 28.1 Å². The van der Waals surface area contributed by atoms with Gasteiger partial charge < -0.3 is 15.8 Å². The number of aromatic nitrogens is 3. The summed E-state index contributed by atoms with van der Waals surface area (Å²) in [5, 5.41) is 3.65. The zero-order valence-corrected chi connectivity index (χ0v) is 15.0. The van der Waals surface area contributed by atoms with Crippen molar-refractivity contribution < 1.29 is 4.74 Å². The van der Waals surface area contributed by atoms with Crippen LogP contribution in [0.25, 0.3) is 11.4 Å². The van der Waals surface area contributed by atoms with Gasteiger partial charge in [-0.2, -0.15) is 15.0 Å². The van der Waals surface area contributed by atoms with Gasteiger partial charge in [-0.3, -0.25) is 0 Å². The monoisotopic (exact) mass is 405 g/mol. The Balaban J connectivity index is 2.00. The van der Waals surface area contributed by atoms with Crippen LogP contribution in [-0.2, 0) is 0 Å². The van der Waals surface area contributed by atoms with Crippen molar-refractivity contribution in [3.8, 4) is 17.1 Å². The van der Waals surface area contributed by atoms with Crippen molar-refractivity contribution in [3.05, 3.63) is 52.0 Å². The van der Waals surface area contributed by atoms with Crippen LogP contribution < -0.4 is 15.8 Å². The van der Waals surface area contributed by atoms with Gasteiger partial charge in [0.2, 0.25) is 11.9 Å². The lowest BCUT2D eigenvalue weighted by atomic mass is 10.2. The van der Waals surface area contributed by atoms with Gasteiger partial charge in [-0.1, -0.05) is 27.5 Å². The Kier molecular flexibility index (Phi) is 4.82. The van der Waals surface area contributed by atoms with E-state index >= 15 is 0 Å². The molecule has 0 spiro atoms. The Bertz CT molecular complexity index is 873. The highest BCUT2D eigenvalue weighted by Crippen LogP contribution is 2.31. The van der Waals surface area contributed by atoms with Gasteiger partial charge in [-0.15, -0.1) is 0 Å². The lowest BCUT2D eigenvalue weighted by molar-refractivity contribution is 0.416. The number of halogens is 2. The summed E-state index contributed by atoms with van der Waals surface area (Å²) in [7, 11) is 1.57. The predicted molar refractivity (Wildman–Crippen MR) is 98.7 cm³/mol. The number of anilines is 3. The van der Waals surface area contributed by atoms with Gasteiger partial charge in [-0.05, 0) is 42.5 Å². The molecule has 0 fully saturated rings. The predicted octanol–water partition coefficient (Wildman–Crippen LogP) is 4.29. The molecule has 0 radical (unpaired) electrons. The average molecular weight is 407 g/mol. The lowest BCUT2D eigenvalue weighted by Crippen LogP contribution is -2.05. The maximum atomic E-state index is 6.07. The number of nitrogens with two attached hydrogens (primary N) is 1. The number of ether oxygens (including phenoxy) is 1. The van der Waals surface area contributed by atoms with Crippen molar-refractivity contribution >= 4 is 45.1 Å². The van der Waals surface area contributed by atoms with Crippen LogP contribution in [0.3, 0.4) is 0 Å². The minimum absolute atomic E-state index is 0.0987. The first-order valence-electron chi connectivity index (χ1n) is 6.93. The SMILES string of the molecule is COc1ccc(Cl)cc1-c1nc(N)nc(Nc2ccc(Br)cc2)n1. The second kappa shape index (κ2) is 7.02. The van der Waals surface area contributed by atoms with Gasteiger partial charge in [0.25, 0.3) is 0 Å². The van der Waals surface area contributed by atoms with Crippen molar-refractivity contribution in [2.24, 2.45) is 0 Å². The number of benzene rings is 2. The maximum Gasteiger partial charge on any atom is 0.232 e. The highest BCUT2D eigenvalue weighted by molar-refractivity contribution is 9.10. The molecule has 2 aromatic carbocycles. The highest BCUT2D eigenvalue weighted by Gasteiger charge is 2.13. The molecule has 0 saturated carbocycles. The van der Waals surface area contributed by atoms with E-state index in [1.54, 1.807) is 25.3 Å². The average Bonchev–Trinajstić information content (AvgIpc) is 2.56. The van der Waals surface area contributed by atoms with Gasteiger partial charge >= 0.3 is 0 Å². The van der Waals surface area contributed by atoms with Crippen LogP contribution in [0.5, 0.6) is 5.75 Å². The minimum Gasteiger partial charge on any atom is -0.496 e. The third-order valence-electron chi connectivity index (χ3n) is 3.16. The summed E-state index contributed by atoms with van der Waals surface area (Å²) in [6, 6.07) is 12.8. The normalized spacial score (nSPS) is 10.5. The molecule has 3 N–H and O–H groups in total. The molecule has 24 heavy (non-hydrogen) atoms. The molecule has 122 valence electrons. The Hall–Kier alpha value is -2.38. The van der Waals surface area contributed by atoms with E-state index in [9.17, 15) is 0 Å². The summed E-state index contributed by atoms with van der Waals surface area (Å²) in [5.41, 5.74) is 7.28. The van der Waals surface area contributed by atoms with E-state index in [4.69, 9.17) is 22.1 Å². The molecule has 8 heteroatoms. The first kappa shape index (κ1) is 16.5. The van der Waals surface area contributed by atoms with E-state index in [2.05, 4.69) is 36.2 Å². The maximum absolute atomic E-state index is 6.07. The molecule has 0 atom stereocenters. The summed E-state index contributed by atoms with van der Waals surface area (Å²) < 4.78 is 6.32. The molecule has 0 bridgehead atoms. The van der Waals surface area contributed by atoms with Gasteiger partial charge in [0.1, 0.15) is 5.75 Å². The number of hydrogen-bond acceptors (Lipinski definition) is 6. The zero-order chi connectivity index (χ0) is 17.1. The van der Waals surface area contributed by atoms with E-state index in [1.165, 1.54) is 0 Å². The second-order valence-corrected chi connectivity index (χ2v) is 6.17. The first-order valence-corrected chi connectivity index (χ1v) is 8.10. The molecule has 1 heterocycles. The number of methoxy groups -OCH3 is 1. The van der Waals surface area contributed by atoms with Gasteiger partial charge in [0.05, 0.1) is 12.7 Å². The van der Waals surface area contributed by atoms with Crippen molar-refractivity contribution in [3.63, 3.8) is 0 Å². The standard InChI is InChI=1S/C16H13BrClN5O/c1-24-13-7-4-10(18)8-12(13)14-21-15(19)23-16(22-14)20-11-5-2-9(17)3-6-11/h2-8H,1H3,(H3,19,20,21,22,23). The highest BCUT2D eigenvalue weighted by atomic mass is 79.9. The van der Waals surface area contributed by atoms with Crippen LogP contribution >= 0.6 is 27.5 Å². The Morgan fingerprint density at radius 2 is 1.83 bits per heavy atom. The Labute approximate surface area is 152 Å². The van der Waals surface area contributed by atoms with Crippen LogP contribution in [0, 0.1) is 0 Å². The number of hydrogen-bond donors (Lipinski definition) is 2. The largest absolute Gasteiger partial charge is 0.496 e. The van der Waals surface area contributed by atoms with Crippen LogP contribution in [0.15, 0.2) is 46.9 Å². The summed E-state index contributed by atoms with van der Waals surface area (Å²) in [6.07, 6.45) is 0. The molecule has 1 aromatic heterocycles. The van der Waals surface area contributed by atoms with Crippen molar-refractivity contribution in [1.29, 1.82) is 0 Å². The molecule has 0 aliphatic heterocycles. The molecule has 0 aliphatic carbocycles. The smallest absolute Gasteiger partial charge is 0.232 e. The zero-order valence-electron chi connectivity index (χ0n) is 12.6. The molecule has 3 aromatic rings. The van der Waals surface area contributed by atoms with E-state index in [1.807, 2.05) is 24.3 Å². The quantitative estimate of drug-likeness (QED) is 0.672. The number of nitrogens with one attached hydrogen (secondary N) is 1.